The Labute approximate surface area is 122 Å². The largest absolute Gasteiger partial charge is 0.329 e. The molecule has 20 heavy (non-hydrogen) atoms. The number of thioether (sulfide) groups is 1. The van der Waals surface area contributed by atoms with Crippen LogP contribution in [0.5, 0.6) is 0 Å². The lowest BCUT2D eigenvalue weighted by atomic mass is 10.2. The molecule has 1 amide bonds. The predicted molar refractivity (Wildman–Crippen MR) is 82.6 cm³/mol. The summed E-state index contributed by atoms with van der Waals surface area (Å²) in [7, 11) is 0. The maximum Gasteiger partial charge on any atom is 0.221 e. The summed E-state index contributed by atoms with van der Waals surface area (Å²) in [6, 6.07) is 11.7. The SMILES string of the molecule is CC(=O)Nc1ccc(SC(CN)c2ccncc2)cc1. The van der Waals surface area contributed by atoms with Crippen LogP contribution in [0.15, 0.2) is 53.7 Å². The fourth-order valence-corrected chi connectivity index (χ4v) is 2.83. The monoisotopic (exact) mass is 287 g/mol. The molecule has 104 valence electrons. The smallest absolute Gasteiger partial charge is 0.221 e. The number of amides is 1. The van der Waals surface area contributed by atoms with E-state index < -0.39 is 0 Å². The molecule has 0 aliphatic heterocycles. The van der Waals surface area contributed by atoms with Gasteiger partial charge in [0.15, 0.2) is 0 Å². The number of pyridine rings is 1. The zero-order chi connectivity index (χ0) is 14.4. The van der Waals surface area contributed by atoms with Crippen LogP contribution in [-0.4, -0.2) is 17.4 Å². The normalized spacial score (nSPS) is 11.9. The molecule has 1 aromatic carbocycles. The molecule has 2 rings (SSSR count). The van der Waals surface area contributed by atoms with E-state index in [2.05, 4.69) is 10.3 Å². The maximum absolute atomic E-state index is 11.0. The van der Waals surface area contributed by atoms with E-state index in [0.717, 1.165) is 10.6 Å². The summed E-state index contributed by atoms with van der Waals surface area (Å²) in [5.74, 6) is -0.0676. The van der Waals surface area contributed by atoms with Gasteiger partial charge in [-0.25, -0.2) is 0 Å². The number of carbonyl (C=O) groups excluding carboxylic acids is 1. The Morgan fingerprint density at radius 3 is 2.45 bits per heavy atom. The van der Waals surface area contributed by atoms with Crippen molar-refractivity contribution in [2.45, 2.75) is 17.1 Å². The van der Waals surface area contributed by atoms with E-state index in [1.165, 1.54) is 12.5 Å². The Morgan fingerprint density at radius 1 is 1.25 bits per heavy atom. The average Bonchev–Trinajstić information content (AvgIpc) is 2.47. The molecule has 4 nitrogen and oxygen atoms in total. The van der Waals surface area contributed by atoms with Gasteiger partial charge in [0.25, 0.3) is 0 Å². The lowest BCUT2D eigenvalue weighted by molar-refractivity contribution is -0.114. The number of nitrogens with two attached hydrogens (primary N) is 1. The summed E-state index contributed by atoms with van der Waals surface area (Å²) in [4.78, 5) is 16.1. The molecule has 1 aromatic heterocycles. The van der Waals surface area contributed by atoms with Crippen LogP contribution in [0, 0.1) is 0 Å². The molecule has 1 atom stereocenters. The molecule has 2 aromatic rings. The van der Waals surface area contributed by atoms with Crippen molar-refractivity contribution in [2.24, 2.45) is 5.73 Å². The molecule has 0 saturated carbocycles. The second kappa shape index (κ2) is 7.07. The molecule has 1 unspecified atom stereocenters. The van der Waals surface area contributed by atoms with Gasteiger partial charge >= 0.3 is 0 Å². The third kappa shape index (κ3) is 4.08. The molecule has 0 radical (unpaired) electrons. The highest BCUT2D eigenvalue weighted by atomic mass is 32.2. The fourth-order valence-electron chi connectivity index (χ4n) is 1.81. The molecule has 0 bridgehead atoms. The maximum atomic E-state index is 11.0. The van der Waals surface area contributed by atoms with E-state index in [9.17, 15) is 4.79 Å². The number of carbonyl (C=O) groups is 1. The van der Waals surface area contributed by atoms with Crippen molar-refractivity contribution >= 4 is 23.4 Å². The number of hydrogen-bond acceptors (Lipinski definition) is 4. The highest BCUT2D eigenvalue weighted by Crippen LogP contribution is 2.34. The van der Waals surface area contributed by atoms with Gasteiger partial charge in [-0.2, -0.15) is 0 Å². The molecule has 1 heterocycles. The van der Waals surface area contributed by atoms with Crippen LogP contribution in [0.3, 0.4) is 0 Å². The molecule has 0 spiro atoms. The lowest BCUT2D eigenvalue weighted by Crippen LogP contribution is -2.09. The van der Waals surface area contributed by atoms with Gasteiger partial charge in [-0.05, 0) is 42.0 Å². The second-order valence-electron chi connectivity index (χ2n) is 4.33. The van der Waals surface area contributed by atoms with Crippen LogP contribution in [0.4, 0.5) is 5.69 Å². The van der Waals surface area contributed by atoms with Gasteiger partial charge in [0.2, 0.25) is 5.91 Å². The van der Waals surface area contributed by atoms with Crippen LogP contribution in [-0.2, 0) is 4.79 Å². The number of nitrogens with one attached hydrogen (secondary N) is 1. The fraction of sp³-hybridized carbons (Fsp3) is 0.200. The Hall–Kier alpha value is -1.85. The van der Waals surface area contributed by atoms with Gasteiger partial charge in [0.05, 0.1) is 0 Å². The van der Waals surface area contributed by atoms with Gasteiger partial charge in [-0.15, -0.1) is 11.8 Å². The van der Waals surface area contributed by atoms with Crippen molar-refractivity contribution in [1.82, 2.24) is 4.98 Å². The number of aromatic nitrogens is 1. The number of anilines is 1. The minimum atomic E-state index is -0.0676. The standard InChI is InChI=1S/C15H17N3OS/c1-11(19)18-13-2-4-14(5-3-13)20-15(10-16)12-6-8-17-9-7-12/h2-9,15H,10,16H2,1H3,(H,18,19). The zero-order valence-corrected chi connectivity index (χ0v) is 12.1. The van der Waals surface area contributed by atoms with Crippen molar-refractivity contribution in [3.05, 3.63) is 54.4 Å². The number of rotatable bonds is 5. The van der Waals surface area contributed by atoms with E-state index in [-0.39, 0.29) is 11.2 Å². The van der Waals surface area contributed by atoms with E-state index in [1.807, 2.05) is 36.4 Å². The Kier molecular flexibility index (Phi) is 5.15. The van der Waals surface area contributed by atoms with E-state index in [1.54, 1.807) is 24.2 Å². The third-order valence-corrected chi connectivity index (χ3v) is 4.04. The summed E-state index contributed by atoms with van der Waals surface area (Å²) >= 11 is 1.70. The first kappa shape index (κ1) is 14.6. The van der Waals surface area contributed by atoms with Crippen LogP contribution < -0.4 is 11.1 Å². The van der Waals surface area contributed by atoms with E-state index in [4.69, 9.17) is 5.73 Å². The van der Waals surface area contributed by atoms with Crippen LogP contribution in [0.2, 0.25) is 0 Å². The molecule has 0 aliphatic rings. The van der Waals surface area contributed by atoms with E-state index in [0.29, 0.717) is 6.54 Å². The lowest BCUT2D eigenvalue weighted by Gasteiger charge is -2.14. The third-order valence-electron chi connectivity index (χ3n) is 2.74. The molecule has 3 N–H and O–H groups in total. The Balaban J connectivity index is 2.06. The van der Waals surface area contributed by atoms with Crippen LogP contribution >= 0.6 is 11.8 Å². The van der Waals surface area contributed by atoms with Crippen LogP contribution in [0.1, 0.15) is 17.7 Å². The first-order valence-electron chi connectivity index (χ1n) is 6.33. The molecule has 0 saturated heterocycles. The first-order valence-corrected chi connectivity index (χ1v) is 7.21. The van der Waals surface area contributed by atoms with Crippen LogP contribution in [0.25, 0.3) is 0 Å². The highest BCUT2D eigenvalue weighted by Gasteiger charge is 2.11. The average molecular weight is 287 g/mol. The van der Waals surface area contributed by atoms with Gasteiger partial charge < -0.3 is 11.1 Å². The number of hydrogen-bond donors (Lipinski definition) is 2. The van der Waals surface area contributed by atoms with Gasteiger partial charge in [0, 0.05) is 41.7 Å². The summed E-state index contributed by atoms with van der Waals surface area (Å²) in [6.07, 6.45) is 3.55. The van der Waals surface area contributed by atoms with Crippen molar-refractivity contribution in [1.29, 1.82) is 0 Å². The van der Waals surface area contributed by atoms with Gasteiger partial charge in [-0.3, -0.25) is 9.78 Å². The quantitative estimate of drug-likeness (QED) is 0.830. The second-order valence-corrected chi connectivity index (χ2v) is 5.60. The van der Waals surface area contributed by atoms with Crippen molar-refractivity contribution < 1.29 is 4.79 Å². The van der Waals surface area contributed by atoms with Gasteiger partial charge in [-0.1, -0.05) is 0 Å². The molecule has 0 fully saturated rings. The number of benzene rings is 1. The first-order chi connectivity index (χ1) is 9.69. The molecule has 0 aliphatic carbocycles. The summed E-state index contributed by atoms with van der Waals surface area (Å²) in [6.45, 7) is 2.05. The Morgan fingerprint density at radius 2 is 1.90 bits per heavy atom. The summed E-state index contributed by atoms with van der Waals surface area (Å²) < 4.78 is 0. The summed E-state index contributed by atoms with van der Waals surface area (Å²) in [5, 5.41) is 2.95. The molecular weight excluding hydrogens is 270 g/mol. The van der Waals surface area contributed by atoms with Crippen molar-refractivity contribution in [3.8, 4) is 0 Å². The minimum Gasteiger partial charge on any atom is -0.329 e. The molecular formula is C15H17N3OS. The van der Waals surface area contributed by atoms with E-state index >= 15 is 0 Å². The Bertz CT molecular complexity index is 557. The van der Waals surface area contributed by atoms with Crippen molar-refractivity contribution in [2.75, 3.05) is 11.9 Å². The molecule has 5 heteroatoms. The predicted octanol–water partition coefficient (Wildman–Crippen LogP) is 2.83. The number of nitrogens with zero attached hydrogens (tertiary/aromatic N) is 1. The highest BCUT2D eigenvalue weighted by molar-refractivity contribution is 7.99. The zero-order valence-electron chi connectivity index (χ0n) is 11.2. The minimum absolute atomic E-state index is 0.0676. The topological polar surface area (TPSA) is 68.0 Å². The van der Waals surface area contributed by atoms with Gasteiger partial charge in [0.1, 0.15) is 0 Å². The van der Waals surface area contributed by atoms with Crippen molar-refractivity contribution in [3.63, 3.8) is 0 Å². The summed E-state index contributed by atoms with van der Waals surface area (Å²) in [5.41, 5.74) is 7.82.